The fraction of sp³-hybridized carbons (Fsp3) is 0.500. The minimum atomic E-state index is -0.270. The van der Waals surface area contributed by atoms with Crippen LogP contribution in [0.3, 0.4) is 0 Å². The van der Waals surface area contributed by atoms with Crippen molar-refractivity contribution in [1.82, 2.24) is 20.1 Å². The van der Waals surface area contributed by atoms with Gasteiger partial charge in [0.25, 0.3) is 5.91 Å². The van der Waals surface area contributed by atoms with Gasteiger partial charge < -0.3 is 14.2 Å². The summed E-state index contributed by atoms with van der Waals surface area (Å²) in [6.07, 6.45) is 5.92. The first-order chi connectivity index (χ1) is 16.7. The highest BCUT2D eigenvalue weighted by molar-refractivity contribution is 6.13. The molecule has 1 amide bonds. The quantitative estimate of drug-likeness (QED) is 0.676. The van der Waals surface area contributed by atoms with E-state index in [0.717, 1.165) is 31.2 Å². The zero-order chi connectivity index (χ0) is 23.5. The van der Waals surface area contributed by atoms with Crippen LogP contribution in [0.4, 0.5) is 0 Å². The Morgan fingerprint density at radius 2 is 2.26 bits per heavy atom. The molecule has 0 saturated carbocycles. The number of nitrogens with zero attached hydrogens (tertiary/aromatic N) is 5. The number of pyridine rings is 1. The molecule has 0 aromatic carbocycles. The Morgan fingerprint density at radius 3 is 3.06 bits per heavy atom. The molecule has 10 nitrogen and oxygen atoms in total. The molecule has 1 aromatic heterocycles. The predicted molar refractivity (Wildman–Crippen MR) is 126 cm³/mol. The van der Waals surface area contributed by atoms with Crippen LogP contribution in [0, 0.1) is 5.92 Å². The lowest BCUT2D eigenvalue weighted by atomic mass is 9.92. The number of methoxy groups -OCH3 is 1. The monoisotopic (exact) mass is 466 g/mol. The third-order valence-corrected chi connectivity index (χ3v) is 6.44. The van der Waals surface area contributed by atoms with Gasteiger partial charge in [-0.2, -0.15) is 0 Å². The molecule has 0 bridgehead atoms. The molecular weight excluding hydrogens is 436 g/mol. The number of morpholine rings is 1. The van der Waals surface area contributed by atoms with Gasteiger partial charge in [0, 0.05) is 32.0 Å². The molecule has 1 fully saturated rings. The number of guanidine groups is 1. The van der Waals surface area contributed by atoms with E-state index in [4.69, 9.17) is 24.2 Å². The third-order valence-electron chi connectivity index (χ3n) is 6.44. The molecule has 0 spiro atoms. The van der Waals surface area contributed by atoms with Gasteiger partial charge in [-0.25, -0.2) is 4.99 Å². The molecule has 10 heteroatoms. The van der Waals surface area contributed by atoms with Crippen molar-refractivity contribution in [2.75, 3.05) is 53.0 Å². The normalized spacial score (nSPS) is 24.5. The molecular formula is C24H30N6O4. The summed E-state index contributed by atoms with van der Waals surface area (Å²) in [7, 11) is 1.62. The summed E-state index contributed by atoms with van der Waals surface area (Å²) in [5, 5.41) is 2.93. The molecule has 2 unspecified atom stereocenters. The van der Waals surface area contributed by atoms with Crippen molar-refractivity contribution in [3.05, 3.63) is 53.4 Å². The molecule has 34 heavy (non-hydrogen) atoms. The summed E-state index contributed by atoms with van der Waals surface area (Å²) in [6, 6.07) is 3.45. The fourth-order valence-corrected chi connectivity index (χ4v) is 4.67. The Hall–Kier alpha value is -3.24. The van der Waals surface area contributed by atoms with E-state index < -0.39 is 0 Å². The number of likely N-dealkylation sites (N-methyl/N-ethyl adjacent to an activating group) is 1. The Balaban J connectivity index is 1.38. The van der Waals surface area contributed by atoms with Gasteiger partial charge in [0.2, 0.25) is 5.96 Å². The number of amidine groups is 1. The average Bonchev–Trinajstić information content (AvgIpc) is 3.38. The van der Waals surface area contributed by atoms with E-state index in [1.54, 1.807) is 25.4 Å². The predicted octanol–water partition coefficient (Wildman–Crippen LogP) is 1.39. The smallest absolute Gasteiger partial charge is 0.259 e. The van der Waals surface area contributed by atoms with Crippen LogP contribution in [0.15, 0.2) is 57.8 Å². The minimum absolute atomic E-state index is 0.00863. The summed E-state index contributed by atoms with van der Waals surface area (Å²) >= 11 is 0. The Bertz CT molecular complexity index is 1050. The number of hydrogen-bond acceptors (Lipinski definition) is 9. The van der Waals surface area contributed by atoms with Gasteiger partial charge in [-0.3, -0.25) is 29.9 Å². The van der Waals surface area contributed by atoms with Gasteiger partial charge in [0.05, 0.1) is 31.7 Å². The highest BCUT2D eigenvalue weighted by Crippen LogP contribution is 2.37. The number of aromatic nitrogens is 1. The van der Waals surface area contributed by atoms with Gasteiger partial charge in [-0.15, -0.1) is 0 Å². The number of amides is 1. The van der Waals surface area contributed by atoms with E-state index in [0.29, 0.717) is 55.8 Å². The second-order valence-electron chi connectivity index (χ2n) is 8.49. The van der Waals surface area contributed by atoms with Crippen molar-refractivity contribution < 1.29 is 19.0 Å². The second kappa shape index (κ2) is 9.94. The number of carbonyl (C=O) groups is 1. The first kappa shape index (κ1) is 22.5. The molecule has 180 valence electrons. The highest BCUT2D eigenvalue weighted by Gasteiger charge is 2.40. The number of nitrogens with one attached hydrogen (secondary N) is 1. The lowest BCUT2D eigenvalue weighted by molar-refractivity contribution is -0.0581. The van der Waals surface area contributed by atoms with Crippen LogP contribution in [-0.2, 0) is 14.2 Å². The molecule has 3 aliphatic heterocycles. The maximum Gasteiger partial charge on any atom is 0.259 e. The van der Waals surface area contributed by atoms with Gasteiger partial charge in [0.1, 0.15) is 24.2 Å². The number of aliphatic imine (C=N–C) groups is 2. The lowest BCUT2D eigenvalue weighted by Crippen LogP contribution is -2.51. The van der Waals surface area contributed by atoms with Gasteiger partial charge in [-0.1, -0.05) is 6.92 Å². The van der Waals surface area contributed by atoms with Crippen LogP contribution in [0.1, 0.15) is 23.7 Å². The van der Waals surface area contributed by atoms with E-state index in [2.05, 4.69) is 22.1 Å². The summed E-state index contributed by atoms with van der Waals surface area (Å²) in [5.41, 5.74) is 1.19. The summed E-state index contributed by atoms with van der Waals surface area (Å²) in [4.78, 5) is 30.7. The number of fused-ring (bicyclic) bond motifs is 3. The summed E-state index contributed by atoms with van der Waals surface area (Å²) < 4.78 is 17.8. The summed E-state index contributed by atoms with van der Waals surface area (Å²) in [5.74, 6) is 2.26. The average molecular weight is 467 g/mol. The van der Waals surface area contributed by atoms with Crippen LogP contribution in [-0.4, -0.2) is 91.6 Å². The largest absolute Gasteiger partial charge is 0.491 e. The van der Waals surface area contributed by atoms with E-state index in [1.165, 1.54) is 6.20 Å². The van der Waals surface area contributed by atoms with Crippen LogP contribution < -0.4 is 5.32 Å². The van der Waals surface area contributed by atoms with Gasteiger partial charge in [0.15, 0.2) is 11.5 Å². The maximum atomic E-state index is 12.8. The van der Waals surface area contributed by atoms with Crippen molar-refractivity contribution in [3.63, 3.8) is 0 Å². The van der Waals surface area contributed by atoms with E-state index in [1.807, 2.05) is 11.0 Å². The zero-order valence-electron chi connectivity index (χ0n) is 19.6. The first-order valence-corrected chi connectivity index (χ1v) is 11.7. The number of ether oxygens (including phenoxy) is 3. The van der Waals surface area contributed by atoms with Gasteiger partial charge in [-0.05, 0) is 31.2 Å². The Kier molecular flexibility index (Phi) is 6.59. The third kappa shape index (κ3) is 4.43. The standard InChI is InChI=1S/C24H30N6O4/c1-3-29-11-12-33-17(14-29)15-34-19-7-6-18-20(21(19)32-2)27-24(30-10-9-26-22(18)30)28-23(31)16-5-4-8-25-13-16/h4-5,7-8,13,17-18H,3,6,9-12,14-15H2,1-2H3,(H,27,28,31). The van der Waals surface area contributed by atoms with Crippen molar-refractivity contribution in [1.29, 1.82) is 0 Å². The van der Waals surface area contributed by atoms with Crippen molar-refractivity contribution in [2.45, 2.75) is 19.4 Å². The molecule has 1 aliphatic carbocycles. The van der Waals surface area contributed by atoms with Crippen LogP contribution in [0.2, 0.25) is 0 Å². The van der Waals surface area contributed by atoms with Crippen molar-refractivity contribution >= 4 is 17.7 Å². The molecule has 1 saturated heterocycles. The first-order valence-electron chi connectivity index (χ1n) is 11.7. The Morgan fingerprint density at radius 1 is 1.35 bits per heavy atom. The molecule has 4 aliphatic rings. The summed E-state index contributed by atoms with van der Waals surface area (Å²) in [6.45, 7) is 7.43. The Labute approximate surface area is 199 Å². The van der Waals surface area contributed by atoms with E-state index >= 15 is 0 Å². The molecule has 5 rings (SSSR count). The second-order valence-corrected chi connectivity index (χ2v) is 8.49. The highest BCUT2D eigenvalue weighted by atomic mass is 16.6. The fourth-order valence-electron chi connectivity index (χ4n) is 4.67. The minimum Gasteiger partial charge on any atom is -0.491 e. The maximum absolute atomic E-state index is 12.8. The molecule has 1 aromatic rings. The van der Waals surface area contributed by atoms with Gasteiger partial charge >= 0.3 is 0 Å². The molecule has 0 radical (unpaired) electrons. The SMILES string of the molecule is CCN1CCOC(COC2=CCC3C4=NCCN4C(NC(=O)c4cccnc4)=NC3=C2OC)C1. The number of carbonyl (C=O) groups excluding carboxylic acids is 1. The van der Waals surface area contributed by atoms with Crippen molar-refractivity contribution in [3.8, 4) is 0 Å². The van der Waals surface area contributed by atoms with E-state index in [9.17, 15) is 4.79 Å². The molecule has 4 heterocycles. The number of hydrogen-bond donors (Lipinski definition) is 1. The van der Waals surface area contributed by atoms with Crippen LogP contribution in [0.25, 0.3) is 0 Å². The number of rotatable bonds is 6. The lowest BCUT2D eigenvalue weighted by Gasteiger charge is -2.36. The molecule has 1 N–H and O–H groups in total. The number of allylic oxidation sites excluding steroid dienone is 1. The van der Waals surface area contributed by atoms with Crippen molar-refractivity contribution in [2.24, 2.45) is 15.9 Å². The van der Waals surface area contributed by atoms with Crippen LogP contribution in [0.5, 0.6) is 0 Å². The zero-order valence-corrected chi connectivity index (χ0v) is 19.6. The van der Waals surface area contributed by atoms with E-state index in [-0.39, 0.29) is 17.9 Å². The topological polar surface area (TPSA) is 101 Å². The van der Waals surface area contributed by atoms with Crippen LogP contribution >= 0.6 is 0 Å². The molecule has 2 atom stereocenters.